The standard InChI is InChI=1S/C27H19NO2/c1-16-10-12-18(13-11-16)23-21-15-14-17-6-2-3-7-19(17)25(21)28-26-20-8-4-5-9-22(20)30-27(29)24(23)26/h2-13H,14-15H2,1H3. The minimum atomic E-state index is -0.326. The molecule has 5 aromatic rings. The lowest BCUT2D eigenvalue weighted by molar-refractivity contribution is 0.569. The Balaban J connectivity index is 1.84. The average Bonchev–Trinajstić information content (AvgIpc) is 2.78. The van der Waals surface area contributed by atoms with Gasteiger partial charge in [0.1, 0.15) is 5.58 Å². The van der Waals surface area contributed by atoms with E-state index >= 15 is 0 Å². The van der Waals surface area contributed by atoms with E-state index in [0.717, 1.165) is 46.2 Å². The van der Waals surface area contributed by atoms with E-state index in [1.165, 1.54) is 11.1 Å². The normalized spacial score (nSPS) is 12.7. The van der Waals surface area contributed by atoms with E-state index in [1.54, 1.807) is 0 Å². The predicted octanol–water partition coefficient (Wildman–Crippen LogP) is 6.08. The number of aryl methyl sites for hydroxylation is 2. The van der Waals surface area contributed by atoms with Gasteiger partial charge in [0.2, 0.25) is 0 Å². The van der Waals surface area contributed by atoms with Crippen molar-refractivity contribution in [2.75, 3.05) is 0 Å². The van der Waals surface area contributed by atoms with Gasteiger partial charge in [0.15, 0.2) is 0 Å². The molecule has 30 heavy (non-hydrogen) atoms. The minimum absolute atomic E-state index is 0.326. The first-order valence-corrected chi connectivity index (χ1v) is 10.2. The van der Waals surface area contributed by atoms with Gasteiger partial charge in [0, 0.05) is 16.5 Å². The third kappa shape index (κ3) is 2.45. The van der Waals surface area contributed by atoms with E-state index in [-0.39, 0.29) is 5.63 Å². The fraction of sp³-hybridized carbons (Fsp3) is 0.111. The second-order valence-corrected chi connectivity index (χ2v) is 7.95. The van der Waals surface area contributed by atoms with Crippen molar-refractivity contribution in [2.24, 2.45) is 0 Å². The van der Waals surface area contributed by atoms with Gasteiger partial charge in [-0.05, 0) is 48.6 Å². The van der Waals surface area contributed by atoms with E-state index in [2.05, 4.69) is 55.5 Å². The van der Waals surface area contributed by atoms with Crippen LogP contribution in [0.2, 0.25) is 0 Å². The Bertz CT molecular complexity index is 1510. The quantitative estimate of drug-likeness (QED) is 0.258. The maximum absolute atomic E-state index is 13.2. The molecule has 2 heterocycles. The zero-order valence-corrected chi connectivity index (χ0v) is 16.6. The van der Waals surface area contributed by atoms with Crippen LogP contribution in [0.1, 0.15) is 16.7 Å². The number of rotatable bonds is 1. The van der Waals surface area contributed by atoms with Gasteiger partial charge < -0.3 is 4.42 Å². The highest BCUT2D eigenvalue weighted by Gasteiger charge is 2.25. The molecule has 1 aliphatic carbocycles. The van der Waals surface area contributed by atoms with Crippen LogP contribution in [0.3, 0.4) is 0 Å². The first-order chi connectivity index (χ1) is 14.7. The summed E-state index contributed by atoms with van der Waals surface area (Å²) >= 11 is 0. The largest absolute Gasteiger partial charge is 0.422 e. The van der Waals surface area contributed by atoms with E-state index < -0.39 is 0 Å². The maximum atomic E-state index is 13.2. The molecule has 2 aromatic heterocycles. The Labute approximate surface area is 173 Å². The molecular formula is C27H19NO2. The third-order valence-corrected chi connectivity index (χ3v) is 6.10. The molecule has 3 heteroatoms. The molecule has 0 amide bonds. The molecular weight excluding hydrogens is 370 g/mol. The Morgan fingerprint density at radius 3 is 2.50 bits per heavy atom. The molecule has 0 radical (unpaired) electrons. The fourth-order valence-corrected chi connectivity index (χ4v) is 4.65. The van der Waals surface area contributed by atoms with Crippen molar-refractivity contribution in [3.05, 3.63) is 99.9 Å². The number of para-hydroxylation sites is 1. The Hall–Kier alpha value is -3.72. The molecule has 0 atom stereocenters. The van der Waals surface area contributed by atoms with Crippen LogP contribution in [-0.2, 0) is 12.8 Å². The van der Waals surface area contributed by atoms with Gasteiger partial charge in [0.05, 0.1) is 16.6 Å². The van der Waals surface area contributed by atoms with E-state index in [4.69, 9.17) is 9.40 Å². The molecule has 0 unspecified atom stereocenters. The van der Waals surface area contributed by atoms with E-state index in [0.29, 0.717) is 16.5 Å². The number of fused-ring (bicyclic) bond motifs is 6. The Kier molecular flexibility index (Phi) is 3.66. The van der Waals surface area contributed by atoms with Crippen LogP contribution in [0.25, 0.3) is 44.3 Å². The van der Waals surface area contributed by atoms with Gasteiger partial charge in [-0.25, -0.2) is 9.78 Å². The van der Waals surface area contributed by atoms with E-state index in [9.17, 15) is 4.79 Å². The van der Waals surface area contributed by atoms with Gasteiger partial charge in [0.25, 0.3) is 0 Å². The van der Waals surface area contributed by atoms with Gasteiger partial charge in [-0.15, -0.1) is 0 Å². The fourth-order valence-electron chi connectivity index (χ4n) is 4.65. The van der Waals surface area contributed by atoms with Crippen LogP contribution in [0, 0.1) is 6.92 Å². The lowest BCUT2D eigenvalue weighted by Gasteiger charge is -2.23. The van der Waals surface area contributed by atoms with Crippen molar-refractivity contribution >= 4 is 21.9 Å². The Morgan fingerprint density at radius 2 is 1.63 bits per heavy atom. The molecule has 0 N–H and O–H groups in total. The summed E-state index contributed by atoms with van der Waals surface area (Å²) in [6.07, 6.45) is 1.79. The van der Waals surface area contributed by atoms with Crippen molar-refractivity contribution in [3.63, 3.8) is 0 Å². The van der Waals surface area contributed by atoms with Crippen LogP contribution in [0.4, 0.5) is 0 Å². The highest BCUT2D eigenvalue weighted by atomic mass is 16.4. The summed E-state index contributed by atoms with van der Waals surface area (Å²) in [5, 5.41) is 1.45. The van der Waals surface area contributed by atoms with Crippen LogP contribution < -0.4 is 5.63 Å². The molecule has 3 aromatic carbocycles. The van der Waals surface area contributed by atoms with Gasteiger partial charge in [-0.3, -0.25) is 0 Å². The monoisotopic (exact) mass is 389 g/mol. The van der Waals surface area contributed by atoms with Gasteiger partial charge >= 0.3 is 5.63 Å². The minimum Gasteiger partial charge on any atom is -0.422 e. The van der Waals surface area contributed by atoms with Crippen LogP contribution in [0.15, 0.2) is 82.0 Å². The van der Waals surface area contributed by atoms with Gasteiger partial charge in [-0.2, -0.15) is 0 Å². The van der Waals surface area contributed by atoms with Crippen LogP contribution in [-0.4, -0.2) is 4.98 Å². The lowest BCUT2D eigenvalue weighted by atomic mass is 9.83. The van der Waals surface area contributed by atoms with Crippen LogP contribution >= 0.6 is 0 Å². The van der Waals surface area contributed by atoms with Crippen LogP contribution in [0.5, 0.6) is 0 Å². The topological polar surface area (TPSA) is 43.1 Å². The second-order valence-electron chi connectivity index (χ2n) is 7.95. The number of pyridine rings is 1. The molecule has 1 aliphatic rings. The molecule has 0 aliphatic heterocycles. The summed E-state index contributed by atoms with van der Waals surface area (Å²) in [4.78, 5) is 18.3. The van der Waals surface area contributed by atoms with E-state index in [1.807, 2.05) is 24.3 Å². The number of aromatic nitrogens is 1. The number of hydrogen-bond acceptors (Lipinski definition) is 3. The van der Waals surface area contributed by atoms with Crippen molar-refractivity contribution < 1.29 is 4.42 Å². The van der Waals surface area contributed by atoms with Crippen molar-refractivity contribution in [3.8, 4) is 22.4 Å². The first-order valence-electron chi connectivity index (χ1n) is 10.2. The smallest absolute Gasteiger partial charge is 0.346 e. The summed E-state index contributed by atoms with van der Waals surface area (Å²) in [7, 11) is 0. The molecule has 3 nitrogen and oxygen atoms in total. The SMILES string of the molecule is Cc1ccc(-c2c3c(nc4c2c(=O)oc2ccccc24)-c2ccccc2CC3)cc1. The third-order valence-electron chi connectivity index (χ3n) is 6.10. The lowest BCUT2D eigenvalue weighted by Crippen LogP contribution is -2.12. The summed E-state index contributed by atoms with van der Waals surface area (Å²) in [6, 6.07) is 24.5. The number of hydrogen-bond donors (Lipinski definition) is 0. The average molecular weight is 389 g/mol. The molecule has 6 rings (SSSR count). The summed E-state index contributed by atoms with van der Waals surface area (Å²) in [6.45, 7) is 2.07. The van der Waals surface area contributed by atoms with Crippen molar-refractivity contribution in [2.45, 2.75) is 19.8 Å². The molecule has 0 saturated heterocycles. The summed E-state index contributed by atoms with van der Waals surface area (Å²) in [5.74, 6) is 0. The molecule has 0 saturated carbocycles. The zero-order valence-electron chi connectivity index (χ0n) is 16.6. The van der Waals surface area contributed by atoms with Gasteiger partial charge in [-0.1, -0.05) is 66.2 Å². The molecule has 0 bridgehead atoms. The summed E-state index contributed by atoms with van der Waals surface area (Å²) < 4.78 is 5.73. The zero-order chi connectivity index (χ0) is 20.2. The molecule has 144 valence electrons. The van der Waals surface area contributed by atoms with Crippen molar-refractivity contribution in [1.29, 1.82) is 0 Å². The molecule has 0 fully saturated rings. The summed E-state index contributed by atoms with van der Waals surface area (Å²) in [5.41, 5.74) is 8.72. The first kappa shape index (κ1) is 17.2. The Morgan fingerprint density at radius 1 is 0.867 bits per heavy atom. The molecule has 0 spiro atoms. The number of benzene rings is 3. The maximum Gasteiger partial charge on any atom is 0.346 e. The predicted molar refractivity (Wildman–Crippen MR) is 121 cm³/mol. The highest BCUT2D eigenvalue weighted by Crippen LogP contribution is 2.41. The van der Waals surface area contributed by atoms with Crippen molar-refractivity contribution in [1.82, 2.24) is 4.98 Å². The second kappa shape index (κ2) is 6.39. The number of nitrogens with zero attached hydrogens (tertiary/aromatic N) is 1. The highest BCUT2D eigenvalue weighted by molar-refractivity contribution is 6.09.